The fraction of sp³-hybridized carbons (Fsp3) is 0.333. The second-order valence-corrected chi connectivity index (χ2v) is 5.86. The highest BCUT2D eigenvalue weighted by molar-refractivity contribution is 5.72. The van der Waals surface area contributed by atoms with Gasteiger partial charge in [0.25, 0.3) is 0 Å². The summed E-state index contributed by atoms with van der Waals surface area (Å²) in [5.41, 5.74) is 1.03. The Morgan fingerprint density at radius 1 is 1.27 bits per heavy atom. The number of anilines is 1. The van der Waals surface area contributed by atoms with Crippen molar-refractivity contribution in [2.24, 2.45) is 0 Å². The second-order valence-electron chi connectivity index (χ2n) is 5.86. The van der Waals surface area contributed by atoms with Gasteiger partial charge in [0.05, 0.1) is 6.04 Å². The highest BCUT2D eigenvalue weighted by atomic mass is 16.6. The van der Waals surface area contributed by atoms with Crippen LogP contribution in [0.25, 0.3) is 0 Å². The summed E-state index contributed by atoms with van der Waals surface area (Å²) in [4.78, 5) is 31.0. The molecule has 2 heterocycles. The van der Waals surface area contributed by atoms with Crippen molar-refractivity contribution in [3.05, 3.63) is 48.3 Å². The molecule has 1 amide bonds. The predicted octanol–water partition coefficient (Wildman–Crippen LogP) is 1.93. The molecular weight excluding hydrogens is 336 g/mol. The fourth-order valence-corrected chi connectivity index (χ4v) is 2.52. The van der Waals surface area contributed by atoms with E-state index in [4.69, 9.17) is 9.47 Å². The Kier molecular flexibility index (Phi) is 5.97. The minimum atomic E-state index is -0.381. The minimum absolute atomic E-state index is 0.0167. The van der Waals surface area contributed by atoms with Gasteiger partial charge in [-0.2, -0.15) is 0 Å². The van der Waals surface area contributed by atoms with Gasteiger partial charge in [-0.25, -0.2) is 14.8 Å². The molecule has 1 fully saturated rings. The van der Waals surface area contributed by atoms with Crippen molar-refractivity contribution >= 4 is 18.0 Å². The number of nitrogens with one attached hydrogen (secondary N) is 2. The summed E-state index contributed by atoms with van der Waals surface area (Å²) in [5, 5.41) is 5.77. The summed E-state index contributed by atoms with van der Waals surface area (Å²) in [6.45, 7) is 0.963. The zero-order valence-electron chi connectivity index (χ0n) is 14.2. The summed E-state index contributed by atoms with van der Waals surface area (Å²) < 4.78 is 10.2. The summed E-state index contributed by atoms with van der Waals surface area (Å²) >= 11 is 0. The molecule has 1 aliphatic rings. The van der Waals surface area contributed by atoms with Crippen LogP contribution < -0.4 is 15.4 Å². The molecule has 0 aliphatic carbocycles. The third-order valence-electron chi connectivity index (χ3n) is 3.78. The average Bonchev–Trinajstić information content (AvgIpc) is 3.06. The van der Waals surface area contributed by atoms with Crippen molar-refractivity contribution in [2.75, 3.05) is 18.5 Å². The van der Waals surface area contributed by atoms with Gasteiger partial charge < -0.3 is 20.1 Å². The van der Waals surface area contributed by atoms with E-state index in [1.165, 1.54) is 0 Å². The van der Waals surface area contributed by atoms with E-state index in [-0.39, 0.29) is 18.1 Å². The Balaban J connectivity index is 1.36. The number of rotatable bonds is 8. The Labute approximate surface area is 150 Å². The van der Waals surface area contributed by atoms with Gasteiger partial charge in [-0.15, -0.1) is 0 Å². The van der Waals surface area contributed by atoms with Gasteiger partial charge in [0.2, 0.25) is 5.95 Å². The van der Waals surface area contributed by atoms with Crippen LogP contribution in [0.4, 0.5) is 10.7 Å². The number of cyclic esters (lactones) is 1. The van der Waals surface area contributed by atoms with Gasteiger partial charge >= 0.3 is 12.1 Å². The largest absolute Gasteiger partial charge is 0.447 e. The number of amides is 1. The van der Waals surface area contributed by atoms with Crippen molar-refractivity contribution in [2.45, 2.75) is 25.3 Å². The van der Waals surface area contributed by atoms with E-state index in [1.807, 2.05) is 12.1 Å². The number of alkyl carbamates (subject to hydrolysis) is 1. The van der Waals surface area contributed by atoms with Gasteiger partial charge in [-0.1, -0.05) is 12.1 Å². The normalized spacial score (nSPS) is 15.8. The maximum atomic E-state index is 11.9. The highest BCUT2D eigenvalue weighted by Crippen LogP contribution is 2.15. The minimum Gasteiger partial charge on any atom is -0.447 e. The number of nitrogens with zero attached hydrogens (tertiary/aromatic N) is 2. The first-order chi connectivity index (χ1) is 12.7. The highest BCUT2D eigenvalue weighted by Gasteiger charge is 2.22. The number of esters is 1. The standard InChI is InChI=1S/C18H20N4O4/c23-16(3-1-8-19-17-20-9-2-10-21-17)26-15-6-4-13(5-7-15)11-14-12-25-18(24)22-14/h2,4-7,9-10,14H,1,3,8,11-12H2,(H,22,24)(H,19,20,21)/t14-/m1/s1. The topological polar surface area (TPSA) is 102 Å². The Morgan fingerprint density at radius 3 is 2.73 bits per heavy atom. The van der Waals surface area contributed by atoms with E-state index in [0.717, 1.165) is 5.56 Å². The molecule has 8 heteroatoms. The molecule has 0 bridgehead atoms. The molecule has 1 atom stereocenters. The lowest BCUT2D eigenvalue weighted by molar-refractivity contribution is -0.134. The van der Waals surface area contributed by atoms with Crippen LogP contribution in [0.2, 0.25) is 0 Å². The summed E-state index contributed by atoms with van der Waals surface area (Å²) in [6.07, 6.45) is 4.52. The lowest BCUT2D eigenvalue weighted by Crippen LogP contribution is -2.28. The van der Waals surface area contributed by atoms with Gasteiger partial charge in [-0.05, 0) is 36.6 Å². The quantitative estimate of drug-likeness (QED) is 0.423. The van der Waals surface area contributed by atoms with Gasteiger partial charge in [0.15, 0.2) is 0 Å². The van der Waals surface area contributed by atoms with E-state index in [2.05, 4.69) is 20.6 Å². The molecule has 8 nitrogen and oxygen atoms in total. The first kappa shape index (κ1) is 17.7. The molecule has 0 saturated carbocycles. The van der Waals surface area contributed by atoms with Crippen molar-refractivity contribution < 1.29 is 19.1 Å². The molecule has 1 aromatic heterocycles. The van der Waals surface area contributed by atoms with Gasteiger partial charge in [-0.3, -0.25) is 4.79 Å². The molecule has 2 N–H and O–H groups in total. The van der Waals surface area contributed by atoms with E-state index >= 15 is 0 Å². The Hall–Kier alpha value is -3.16. The Bertz CT molecular complexity index is 737. The third kappa shape index (κ3) is 5.44. The average molecular weight is 356 g/mol. The number of aromatic nitrogens is 2. The molecule has 2 aromatic rings. The molecular formula is C18H20N4O4. The van der Waals surface area contributed by atoms with Crippen LogP contribution >= 0.6 is 0 Å². The molecule has 1 aromatic carbocycles. The zero-order chi connectivity index (χ0) is 18.2. The number of carbonyl (C=O) groups is 2. The van der Waals surface area contributed by atoms with Crippen LogP contribution in [0, 0.1) is 0 Å². The van der Waals surface area contributed by atoms with Crippen LogP contribution in [0.15, 0.2) is 42.7 Å². The molecule has 3 rings (SSSR count). The lowest BCUT2D eigenvalue weighted by atomic mass is 10.1. The van der Waals surface area contributed by atoms with Crippen LogP contribution in [0.1, 0.15) is 18.4 Å². The maximum Gasteiger partial charge on any atom is 0.407 e. The number of hydrogen-bond acceptors (Lipinski definition) is 7. The van der Waals surface area contributed by atoms with Gasteiger partial charge in [0.1, 0.15) is 12.4 Å². The number of hydrogen-bond donors (Lipinski definition) is 2. The molecule has 1 saturated heterocycles. The monoisotopic (exact) mass is 356 g/mol. The van der Waals surface area contributed by atoms with Crippen molar-refractivity contribution in [3.63, 3.8) is 0 Å². The zero-order valence-corrected chi connectivity index (χ0v) is 14.2. The molecule has 0 radical (unpaired) electrons. The predicted molar refractivity (Wildman–Crippen MR) is 93.8 cm³/mol. The second kappa shape index (κ2) is 8.80. The van der Waals surface area contributed by atoms with E-state index in [9.17, 15) is 9.59 Å². The lowest BCUT2D eigenvalue weighted by Gasteiger charge is -2.09. The summed E-state index contributed by atoms with van der Waals surface area (Å²) in [5.74, 6) is 0.759. The van der Waals surface area contributed by atoms with Crippen molar-refractivity contribution in [1.82, 2.24) is 15.3 Å². The van der Waals surface area contributed by atoms with E-state index in [1.54, 1.807) is 30.6 Å². The first-order valence-electron chi connectivity index (χ1n) is 8.43. The first-order valence-corrected chi connectivity index (χ1v) is 8.43. The smallest absolute Gasteiger partial charge is 0.407 e. The Morgan fingerprint density at radius 2 is 2.04 bits per heavy atom. The SMILES string of the molecule is O=C(CCCNc1ncccn1)Oc1ccc(C[C@@H]2COC(=O)N2)cc1. The fourth-order valence-electron chi connectivity index (χ4n) is 2.52. The van der Waals surface area contributed by atoms with Crippen LogP contribution in [0.5, 0.6) is 5.75 Å². The third-order valence-corrected chi connectivity index (χ3v) is 3.78. The maximum absolute atomic E-state index is 11.9. The van der Waals surface area contributed by atoms with Crippen LogP contribution in [-0.4, -0.2) is 41.2 Å². The van der Waals surface area contributed by atoms with Crippen molar-refractivity contribution in [1.29, 1.82) is 0 Å². The number of carbonyl (C=O) groups excluding carboxylic acids is 2. The molecule has 0 spiro atoms. The van der Waals surface area contributed by atoms with E-state index in [0.29, 0.717) is 44.1 Å². The summed E-state index contributed by atoms with van der Waals surface area (Å²) in [7, 11) is 0. The molecule has 26 heavy (non-hydrogen) atoms. The molecule has 1 aliphatic heterocycles. The molecule has 136 valence electrons. The summed E-state index contributed by atoms with van der Waals surface area (Å²) in [6, 6.07) is 8.98. The van der Waals surface area contributed by atoms with E-state index < -0.39 is 0 Å². The van der Waals surface area contributed by atoms with Crippen LogP contribution in [0.3, 0.4) is 0 Å². The number of ether oxygens (including phenoxy) is 2. The molecule has 0 unspecified atom stereocenters. The van der Waals surface area contributed by atoms with Crippen LogP contribution in [-0.2, 0) is 16.0 Å². The van der Waals surface area contributed by atoms with Crippen molar-refractivity contribution in [3.8, 4) is 5.75 Å². The number of benzene rings is 1. The van der Waals surface area contributed by atoms with Gasteiger partial charge in [0, 0.05) is 25.4 Å².